The van der Waals surface area contributed by atoms with Gasteiger partial charge in [0, 0.05) is 23.5 Å². The van der Waals surface area contributed by atoms with Crippen LogP contribution in [-0.2, 0) is 7.05 Å². The molecular formula is C7H12N4. The molecule has 0 unspecified atom stereocenters. The average molecular weight is 152 g/mol. The van der Waals surface area contributed by atoms with Crippen LogP contribution in [0, 0.1) is 31.6 Å². The monoisotopic (exact) mass is 152 g/mol. The molecular weight excluding hydrogens is 140 g/mol. The van der Waals surface area contributed by atoms with E-state index in [2.05, 4.69) is 16.5 Å². The Morgan fingerprint density at radius 3 is 1.73 bits per heavy atom. The summed E-state index contributed by atoms with van der Waals surface area (Å²) in [5.41, 5.74) is 2.39. The molecule has 11 heavy (non-hydrogen) atoms. The molecule has 1 heterocycles. The SMILES string of the molecule is Cc1nc(C)n(C)c1C.N#N. The first-order chi connectivity index (χ1) is 5.13. The molecule has 4 heteroatoms. The van der Waals surface area contributed by atoms with Crippen molar-refractivity contribution in [1.82, 2.24) is 9.55 Å². The molecule has 0 atom stereocenters. The zero-order chi connectivity index (χ0) is 9.02. The van der Waals surface area contributed by atoms with E-state index in [9.17, 15) is 0 Å². The highest BCUT2D eigenvalue weighted by Gasteiger charge is 2.00. The van der Waals surface area contributed by atoms with Crippen LogP contribution in [0.2, 0.25) is 0 Å². The molecule has 0 amide bonds. The Morgan fingerprint density at radius 2 is 1.64 bits per heavy atom. The predicted octanol–water partition coefficient (Wildman–Crippen LogP) is 1.38. The molecule has 0 spiro atoms. The maximum atomic E-state index is 6.00. The van der Waals surface area contributed by atoms with Gasteiger partial charge in [0.15, 0.2) is 0 Å². The number of hydrogen-bond acceptors (Lipinski definition) is 3. The van der Waals surface area contributed by atoms with Crippen molar-refractivity contribution in [2.75, 3.05) is 0 Å². The van der Waals surface area contributed by atoms with Crippen LogP contribution in [0.5, 0.6) is 0 Å². The van der Waals surface area contributed by atoms with Gasteiger partial charge >= 0.3 is 0 Å². The fourth-order valence-corrected chi connectivity index (χ4v) is 0.884. The summed E-state index contributed by atoms with van der Waals surface area (Å²) in [5.74, 6) is 1.09. The van der Waals surface area contributed by atoms with E-state index in [0.29, 0.717) is 0 Å². The third-order valence-corrected chi connectivity index (χ3v) is 1.84. The van der Waals surface area contributed by atoms with E-state index in [0.717, 1.165) is 11.5 Å². The average Bonchev–Trinajstić information content (AvgIpc) is 2.22. The summed E-state index contributed by atoms with van der Waals surface area (Å²) in [7, 11) is 2.03. The highest BCUT2D eigenvalue weighted by Crippen LogP contribution is 2.05. The van der Waals surface area contributed by atoms with Gasteiger partial charge in [0.05, 0.1) is 5.69 Å². The van der Waals surface area contributed by atoms with Crippen LogP contribution in [0.1, 0.15) is 17.2 Å². The first kappa shape index (κ1) is 9.63. The zero-order valence-corrected chi connectivity index (χ0v) is 7.29. The summed E-state index contributed by atoms with van der Waals surface area (Å²) in [4.78, 5) is 4.27. The van der Waals surface area contributed by atoms with Crippen LogP contribution < -0.4 is 0 Å². The molecule has 0 aromatic carbocycles. The maximum Gasteiger partial charge on any atom is 0.105 e. The van der Waals surface area contributed by atoms with Crippen LogP contribution in [0.15, 0.2) is 0 Å². The zero-order valence-electron chi connectivity index (χ0n) is 7.29. The van der Waals surface area contributed by atoms with Crippen LogP contribution in [0.4, 0.5) is 0 Å². The lowest BCUT2D eigenvalue weighted by atomic mass is 10.4. The van der Waals surface area contributed by atoms with Gasteiger partial charge in [-0.05, 0) is 20.8 Å². The Bertz CT molecular complexity index is 236. The molecule has 1 rings (SSSR count). The van der Waals surface area contributed by atoms with E-state index in [-0.39, 0.29) is 0 Å². The van der Waals surface area contributed by atoms with Gasteiger partial charge in [-0.1, -0.05) is 0 Å². The van der Waals surface area contributed by atoms with Crippen molar-refractivity contribution in [2.45, 2.75) is 20.8 Å². The largest absolute Gasteiger partial charge is 0.335 e. The number of imidazole rings is 1. The van der Waals surface area contributed by atoms with Crippen molar-refractivity contribution < 1.29 is 0 Å². The summed E-state index contributed by atoms with van der Waals surface area (Å²) in [5, 5.41) is 12.0. The van der Waals surface area contributed by atoms with Crippen LogP contribution in [-0.4, -0.2) is 9.55 Å². The fraction of sp³-hybridized carbons (Fsp3) is 0.571. The molecule has 0 fully saturated rings. The van der Waals surface area contributed by atoms with Gasteiger partial charge in [-0.15, -0.1) is 0 Å². The summed E-state index contributed by atoms with van der Waals surface area (Å²) in [6.07, 6.45) is 0. The summed E-state index contributed by atoms with van der Waals surface area (Å²) < 4.78 is 2.09. The molecule has 1 aromatic rings. The summed E-state index contributed by atoms with van der Waals surface area (Å²) in [6.45, 7) is 6.12. The quantitative estimate of drug-likeness (QED) is 0.527. The van der Waals surface area contributed by atoms with Gasteiger partial charge in [0.1, 0.15) is 5.82 Å². The molecule has 0 saturated carbocycles. The topological polar surface area (TPSA) is 65.4 Å². The number of hydrogen-bond donors (Lipinski definition) is 0. The molecule has 0 N–H and O–H groups in total. The van der Waals surface area contributed by atoms with Gasteiger partial charge in [0.25, 0.3) is 0 Å². The minimum Gasteiger partial charge on any atom is -0.335 e. The Morgan fingerprint density at radius 1 is 1.18 bits per heavy atom. The predicted molar refractivity (Wildman–Crippen MR) is 40.9 cm³/mol. The normalized spacial score (nSPS) is 8.55. The lowest BCUT2D eigenvalue weighted by molar-refractivity contribution is 0.827. The lowest BCUT2D eigenvalue weighted by Crippen LogP contribution is -1.92. The standard InChI is InChI=1S/C7H12N2.N2/c1-5-6(2)9(4)7(3)8-5;1-2/h1-4H3;. The van der Waals surface area contributed by atoms with E-state index < -0.39 is 0 Å². The first-order valence-corrected chi connectivity index (χ1v) is 3.29. The third-order valence-electron chi connectivity index (χ3n) is 1.84. The summed E-state index contributed by atoms with van der Waals surface area (Å²) >= 11 is 0. The second-order valence-corrected chi connectivity index (χ2v) is 2.39. The van der Waals surface area contributed by atoms with E-state index in [1.807, 2.05) is 20.9 Å². The molecule has 4 nitrogen and oxygen atoms in total. The number of rotatable bonds is 0. The van der Waals surface area contributed by atoms with Gasteiger partial charge in [-0.25, -0.2) is 4.98 Å². The number of aromatic nitrogens is 2. The van der Waals surface area contributed by atoms with Gasteiger partial charge in [-0.2, -0.15) is 0 Å². The Labute approximate surface area is 66.3 Å². The van der Waals surface area contributed by atoms with Crippen molar-refractivity contribution in [3.63, 3.8) is 0 Å². The van der Waals surface area contributed by atoms with E-state index >= 15 is 0 Å². The van der Waals surface area contributed by atoms with Gasteiger partial charge in [0.2, 0.25) is 0 Å². The van der Waals surface area contributed by atoms with Crippen molar-refractivity contribution in [2.24, 2.45) is 7.05 Å². The van der Waals surface area contributed by atoms with Crippen molar-refractivity contribution in [3.8, 4) is 0 Å². The van der Waals surface area contributed by atoms with Crippen LogP contribution in [0.25, 0.3) is 0 Å². The Kier molecular flexibility index (Phi) is 3.25. The van der Waals surface area contributed by atoms with E-state index in [1.54, 1.807) is 0 Å². The summed E-state index contributed by atoms with van der Waals surface area (Å²) in [6, 6.07) is 0. The van der Waals surface area contributed by atoms with Crippen molar-refractivity contribution in [3.05, 3.63) is 17.2 Å². The number of nitrogens with zero attached hydrogens (tertiary/aromatic N) is 4. The van der Waals surface area contributed by atoms with Crippen molar-refractivity contribution in [1.29, 1.82) is 10.8 Å². The van der Waals surface area contributed by atoms with E-state index in [1.165, 1.54) is 5.69 Å². The van der Waals surface area contributed by atoms with Gasteiger partial charge in [-0.3, -0.25) is 0 Å². The minimum atomic E-state index is 1.09. The molecule has 0 aliphatic heterocycles. The number of aryl methyl sites for hydroxylation is 2. The lowest BCUT2D eigenvalue weighted by Gasteiger charge is -1.94. The highest BCUT2D eigenvalue weighted by atomic mass is 15.1. The molecule has 0 aliphatic carbocycles. The molecule has 0 saturated heterocycles. The van der Waals surface area contributed by atoms with Crippen LogP contribution in [0.3, 0.4) is 0 Å². The second-order valence-electron chi connectivity index (χ2n) is 2.39. The minimum absolute atomic E-state index is 1.09. The van der Waals surface area contributed by atoms with Gasteiger partial charge < -0.3 is 4.57 Å². The Hall–Kier alpha value is -1.37. The molecule has 1 aromatic heterocycles. The molecule has 0 aliphatic rings. The Balaban J connectivity index is 0.000000461. The first-order valence-electron chi connectivity index (χ1n) is 3.29. The fourth-order valence-electron chi connectivity index (χ4n) is 0.884. The smallest absolute Gasteiger partial charge is 0.105 e. The van der Waals surface area contributed by atoms with E-state index in [4.69, 9.17) is 10.8 Å². The molecule has 0 radical (unpaired) electrons. The van der Waals surface area contributed by atoms with Crippen molar-refractivity contribution >= 4 is 0 Å². The van der Waals surface area contributed by atoms with Crippen LogP contribution >= 0.6 is 0 Å². The molecule has 0 bridgehead atoms. The molecule has 60 valence electrons. The third kappa shape index (κ3) is 1.77. The highest BCUT2D eigenvalue weighted by molar-refractivity contribution is 5.12. The maximum absolute atomic E-state index is 6.00. The second kappa shape index (κ2) is 3.71.